The van der Waals surface area contributed by atoms with Crippen LogP contribution in [0.4, 0.5) is 5.69 Å². The van der Waals surface area contributed by atoms with E-state index in [0.29, 0.717) is 23.2 Å². The molecule has 3 amide bonds. The fourth-order valence-electron chi connectivity index (χ4n) is 3.30. The molecule has 7 nitrogen and oxygen atoms in total. The molecule has 0 aromatic heterocycles. The van der Waals surface area contributed by atoms with Crippen LogP contribution in [0.15, 0.2) is 71.2 Å². The molecule has 0 aliphatic carbocycles. The number of anilines is 1. The Morgan fingerprint density at radius 2 is 1.60 bits per heavy atom. The van der Waals surface area contributed by atoms with Crippen molar-refractivity contribution in [3.8, 4) is 5.75 Å². The molecule has 0 spiro atoms. The lowest BCUT2D eigenvalue weighted by Gasteiger charge is -2.13. The Kier molecular flexibility index (Phi) is 9.43. The number of halogens is 1. The largest absolute Gasteiger partial charge is 0.492 e. The highest BCUT2D eigenvalue weighted by atomic mass is 79.9. The topological polar surface area (TPSA) is 96.5 Å². The molecule has 0 aliphatic rings. The Labute approximate surface area is 213 Å². The van der Waals surface area contributed by atoms with Crippen LogP contribution in [0.5, 0.6) is 5.75 Å². The first-order valence-electron chi connectivity index (χ1n) is 11.2. The zero-order chi connectivity index (χ0) is 25.2. The molecule has 0 radical (unpaired) electrons. The van der Waals surface area contributed by atoms with E-state index in [0.717, 1.165) is 22.4 Å². The molecule has 0 aliphatic heterocycles. The van der Waals surface area contributed by atoms with Crippen LogP contribution in [-0.2, 0) is 16.0 Å². The van der Waals surface area contributed by atoms with E-state index in [2.05, 4.69) is 32.1 Å². The van der Waals surface area contributed by atoms with Gasteiger partial charge in [-0.1, -0.05) is 58.4 Å². The molecule has 8 heteroatoms. The van der Waals surface area contributed by atoms with Gasteiger partial charge in [0.2, 0.25) is 11.8 Å². The molecule has 0 saturated heterocycles. The summed E-state index contributed by atoms with van der Waals surface area (Å²) in [7, 11) is 0. The van der Waals surface area contributed by atoms with Crippen molar-refractivity contribution in [3.05, 3.63) is 93.5 Å². The van der Waals surface area contributed by atoms with Crippen molar-refractivity contribution < 1.29 is 19.1 Å². The molecule has 0 saturated carbocycles. The molecule has 0 heterocycles. The second kappa shape index (κ2) is 12.7. The number of hydrogen-bond donors (Lipinski definition) is 3. The van der Waals surface area contributed by atoms with Crippen molar-refractivity contribution in [2.45, 2.75) is 33.1 Å². The van der Waals surface area contributed by atoms with Gasteiger partial charge in [-0.15, -0.1) is 0 Å². The minimum atomic E-state index is -0.519. The molecule has 0 bridgehead atoms. The summed E-state index contributed by atoms with van der Waals surface area (Å²) in [6.45, 7) is 4.24. The van der Waals surface area contributed by atoms with Crippen LogP contribution in [-0.4, -0.2) is 24.3 Å². The molecule has 35 heavy (non-hydrogen) atoms. The summed E-state index contributed by atoms with van der Waals surface area (Å²) in [5.41, 5.74) is 8.85. The van der Waals surface area contributed by atoms with Gasteiger partial charge in [-0.2, -0.15) is 0 Å². The molecule has 0 fully saturated rings. The third-order valence-corrected chi connectivity index (χ3v) is 5.73. The predicted octanol–water partition coefficient (Wildman–Crippen LogP) is 4.87. The van der Waals surface area contributed by atoms with Crippen molar-refractivity contribution in [2.24, 2.45) is 0 Å². The summed E-state index contributed by atoms with van der Waals surface area (Å²) in [5.74, 6) is -0.866. The zero-order valence-electron chi connectivity index (χ0n) is 19.7. The second-order valence-corrected chi connectivity index (χ2v) is 9.01. The zero-order valence-corrected chi connectivity index (χ0v) is 21.3. The van der Waals surface area contributed by atoms with Gasteiger partial charge in [-0.3, -0.25) is 25.2 Å². The van der Waals surface area contributed by atoms with Gasteiger partial charge in [-0.25, -0.2) is 0 Å². The molecule has 3 rings (SSSR count). The van der Waals surface area contributed by atoms with Crippen LogP contribution in [0.1, 0.15) is 39.9 Å². The lowest BCUT2D eigenvalue weighted by molar-refractivity contribution is -0.124. The Morgan fingerprint density at radius 1 is 0.857 bits per heavy atom. The first-order chi connectivity index (χ1) is 16.8. The Hall–Kier alpha value is -3.65. The normalized spacial score (nSPS) is 10.4. The molecule has 3 aromatic carbocycles. The number of carbonyl (C=O) groups excluding carboxylic acids is 3. The Morgan fingerprint density at radius 3 is 2.37 bits per heavy atom. The molecular weight excluding hydrogens is 510 g/mol. The van der Waals surface area contributed by atoms with E-state index in [4.69, 9.17) is 4.74 Å². The number of hydrogen-bond acceptors (Lipinski definition) is 4. The maximum Gasteiger partial charge on any atom is 0.273 e. The Bertz CT molecular complexity index is 1200. The Balaban J connectivity index is 1.48. The van der Waals surface area contributed by atoms with Crippen molar-refractivity contribution in [2.75, 3.05) is 11.9 Å². The van der Waals surface area contributed by atoms with Crippen LogP contribution in [0.25, 0.3) is 0 Å². The van der Waals surface area contributed by atoms with E-state index >= 15 is 0 Å². The third kappa shape index (κ3) is 8.26. The average molecular weight is 538 g/mol. The molecule has 3 N–H and O–H groups in total. The molecule has 0 unspecified atom stereocenters. The van der Waals surface area contributed by atoms with Gasteiger partial charge >= 0.3 is 0 Å². The van der Waals surface area contributed by atoms with Gasteiger partial charge in [0.25, 0.3) is 5.91 Å². The summed E-state index contributed by atoms with van der Waals surface area (Å²) in [6, 6.07) is 20.8. The molecule has 182 valence electrons. The standard InChI is InChI=1S/C27H28BrN3O4/c1-18-8-9-19(2)23(16-18)29-25(32)12-13-26(33)30-31-27(34)22-17-21(28)10-11-24(22)35-15-14-20-6-4-3-5-7-20/h3-11,16-17H,12-15H2,1-2H3,(H,29,32)(H,30,33)(H,31,34). The van der Waals surface area contributed by atoms with Gasteiger partial charge in [0.1, 0.15) is 5.75 Å². The van der Waals surface area contributed by atoms with E-state index < -0.39 is 11.8 Å². The van der Waals surface area contributed by atoms with E-state index in [1.807, 2.05) is 62.4 Å². The van der Waals surface area contributed by atoms with Crippen molar-refractivity contribution in [1.29, 1.82) is 0 Å². The summed E-state index contributed by atoms with van der Waals surface area (Å²) < 4.78 is 6.53. The minimum Gasteiger partial charge on any atom is -0.492 e. The average Bonchev–Trinajstić information content (AvgIpc) is 2.85. The second-order valence-electron chi connectivity index (χ2n) is 8.09. The summed E-state index contributed by atoms with van der Waals surface area (Å²) in [5, 5.41) is 2.81. The lowest BCUT2D eigenvalue weighted by Crippen LogP contribution is -2.42. The maximum absolute atomic E-state index is 12.7. The number of rotatable bonds is 9. The van der Waals surface area contributed by atoms with Crippen LogP contribution >= 0.6 is 15.9 Å². The fraction of sp³-hybridized carbons (Fsp3) is 0.222. The number of amides is 3. The highest BCUT2D eigenvalue weighted by Crippen LogP contribution is 2.23. The maximum atomic E-state index is 12.7. The van der Waals surface area contributed by atoms with E-state index in [1.54, 1.807) is 18.2 Å². The number of nitrogens with one attached hydrogen (secondary N) is 3. The van der Waals surface area contributed by atoms with Crippen LogP contribution in [0.3, 0.4) is 0 Å². The van der Waals surface area contributed by atoms with Crippen molar-refractivity contribution >= 4 is 39.3 Å². The number of ether oxygens (including phenoxy) is 1. The minimum absolute atomic E-state index is 0.0141. The number of hydrazine groups is 1. The number of benzene rings is 3. The smallest absolute Gasteiger partial charge is 0.273 e. The quantitative estimate of drug-likeness (QED) is 0.339. The number of carbonyl (C=O) groups is 3. The van der Waals surface area contributed by atoms with Crippen molar-refractivity contribution in [1.82, 2.24) is 10.9 Å². The highest BCUT2D eigenvalue weighted by molar-refractivity contribution is 9.10. The van der Waals surface area contributed by atoms with Gasteiger partial charge in [0.05, 0.1) is 12.2 Å². The van der Waals surface area contributed by atoms with Gasteiger partial charge < -0.3 is 10.1 Å². The summed E-state index contributed by atoms with van der Waals surface area (Å²) in [4.78, 5) is 37.1. The van der Waals surface area contributed by atoms with Crippen LogP contribution in [0, 0.1) is 13.8 Å². The number of aryl methyl sites for hydroxylation is 2. The fourth-order valence-corrected chi connectivity index (χ4v) is 3.66. The van der Waals surface area contributed by atoms with E-state index in [1.165, 1.54) is 0 Å². The highest BCUT2D eigenvalue weighted by Gasteiger charge is 2.15. The van der Waals surface area contributed by atoms with Crippen LogP contribution < -0.4 is 20.9 Å². The van der Waals surface area contributed by atoms with E-state index in [9.17, 15) is 14.4 Å². The molecule has 0 atom stereocenters. The van der Waals surface area contributed by atoms with E-state index in [-0.39, 0.29) is 24.3 Å². The molecular formula is C27H28BrN3O4. The lowest BCUT2D eigenvalue weighted by atomic mass is 10.1. The monoisotopic (exact) mass is 537 g/mol. The third-order valence-electron chi connectivity index (χ3n) is 5.24. The molecule has 3 aromatic rings. The first kappa shape index (κ1) is 26.0. The SMILES string of the molecule is Cc1ccc(C)c(NC(=O)CCC(=O)NNC(=O)c2cc(Br)ccc2OCCc2ccccc2)c1. The van der Waals surface area contributed by atoms with Crippen LogP contribution in [0.2, 0.25) is 0 Å². The van der Waals surface area contributed by atoms with Gasteiger partial charge in [0, 0.05) is 29.4 Å². The predicted molar refractivity (Wildman–Crippen MR) is 139 cm³/mol. The first-order valence-corrected chi connectivity index (χ1v) is 12.0. The van der Waals surface area contributed by atoms with Crippen molar-refractivity contribution in [3.63, 3.8) is 0 Å². The summed E-state index contributed by atoms with van der Waals surface area (Å²) >= 11 is 3.36. The van der Waals surface area contributed by atoms with Gasteiger partial charge in [-0.05, 0) is 54.8 Å². The van der Waals surface area contributed by atoms with Gasteiger partial charge in [0.15, 0.2) is 0 Å². The summed E-state index contributed by atoms with van der Waals surface area (Å²) in [6.07, 6.45) is 0.606.